The van der Waals surface area contributed by atoms with E-state index in [-0.39, 0.29) is 34.3 Å². The first-order valence-corrected chi connectivity index (χ1v) is 6.01. The van der Waals surface area contributed by atoms with E-state index in [2.05, 4.69) is 0 Å². The van der Waals surface area contributed by atoms with Gasteiger partial charge in [0.05, 0.1) is 5.56 Å². The van der Waals surface area contributed by atoms with Gasteiger partial charge in [-0.1, -0.05) is 13.0 Å². The van der Waals surface area contributed by atoms with Gasteiger partial charge in [-0.15, -0.1) is 0 Å². The predicted octanol–water partition coefficient (Wildman–Crippen LogP) is 2.23. The molecule has 0 amide bonds. The van der Waals surface area contributed by atoms with Crippen molar-refractivity contribution in [3.8, 4) is 23.0 Å². The largest absolute Gasteiger partial charge is 0.591 e. The van der Waals surface area contributed by atoms with E-state index in [0.29, 0.717) is 5.56 Å². The Morgan fingerprint density at radius 2 is 1.75 bits per heavy atom. The molecule has 0 radical (unpaired) electrons. The summed E-state index contributed by atoms with van der Waals surface area (Å²) in [5.74, 6) is -1.52. The van der Waals surface area contributed by atoms with E-state index in [9.17, 15) is 20.1 Å². The summed E-state index contributed by atoms with van der Waals surface area (Å²) in [5.41, 5.74) is 0.681. The summed E-state index contributed by atoms with van der Waals surface area (Å²) in [6.45, 7) is 1.65. The molecule has 2 rings (SSSR count). The van der Waals surface area contributed by atoms with Crippen molar-refractivity contribution in [2.24, 2.45) is 0 Å². The van der Waals surface area contributed by atoms with E-state index in [4.69, 9.17) is 5.11 Å². The van der Waals surface area contributed by atoms with E-state index in [1.54, 1.807) is 13.0 Å². The molecule has 5 heteroatoms. The number of aromatic hydroxyl groups is 3. The molecule has 20 heavy (non-hydrogen) atoms. The molecule has 0 aromatic heterocycles. The molecule has 2 aromatic rings. The maximum Gasteiger partial charge on any atom is 0.296 e. The Labute approximate surface area is 115 Å². The molecule has 5 N–H and O–H groups in total. The summed E-state index contributed by atoms with van der Waals surface area (Å²) >= 11 is 0. The molecule has 0 aliphatic heterocycles. The normalized spacial score (nSPS) is 12.1. The maximum atomic E-state index is 12.3. The third-order valence-electron chi connectivity index (χ3n) is 3.16. The van der Waals surface area contributed by atoms with E-state index >= 15 is 0 Å². The predicted molar refractivity (Wildman–Crippen MR) is 73.7 cm³/mol. The number of benzene rings is 2. The summed E-state index contributed by atoms with van der Waals surface area (Å²) in [7, 11) is 0. The number of ketones is 1. The van der Waals surface area contributed by atoms with Crippen molar-refractivity contribution in [3.63, 3.8) is 0 Å². The lowest BCUT2D eigenvalue weighted by Gasteiger charge is -2.12. The van der Waals surface area contributed by atoms with Crippen LogP contribution in [0.1, 0.15) is 28.8 Å². The average Bonchev–Trinajstić information content (AvgIpc) is 2.40. The van der Waals surface area contributed by atoms with E-state index in [1.807, 2.05) is 0 Å². The molecule has 1 unspecified atom stereocenters. The van der Waals surface area contributed by atoms with Crippen LogP contribution in [-0.4, -0.2) is 26.2 Å². The monoisotopic (exact) mass is 275 g/mol. The molecule has 2 aromatic carbocycles. The van der Waals surface area contributed by atoms with Crippen LogP contribution in [0.5, 0.6) is 23.0 Å². The van der Waals surface area contributed by atoms with Crippen LogP contribution in [0.4, 0.5) is 0 Å². The maximum absolute atomic E-state index is 12.3. The Morgan fingerprint density at radius 3 is 2.35 bits per heavy atom. The number of hydrogen-bond donors (Lipinski definition) is 3. The summed E-state index contributed by atoms with van der Waals surface area (Å²) in [6.07, 6.45) is 0. The molecule has 0 bridgehead atoms. The van der Waals surface area contributed by atoms with E-state index in [0.717, 1.165) is 6.07 Å². The molecular formula is C15H15O5+. The fourth-order valence-corrected chi connectivity index (χ4v) is 1.94. The van der Waals surface area contributed by atoms with Crippen molar-refractivity contribution in [2.75, 3.05) is 0 Å². The van der Waals surface area contributed by atoms with Crippen LogP contribution in [0.25, 0.3) is 0 Å². The van der Waals surface area contributed by atoms with Crippen LogP contribution in [0.2, 0.25) is 0 Å². The number of hydrogen-bond acceptors (Lipinski definition) is 4. The molecular weight excluding hydrogens is 260 g/mol. The summed E-state index contributed by atoms with van der Waals surface area (Å²) < 4.78 is 0. The molecule has 5 nitrogen and oxygen atoms in total. The third-order valence-corrected chi connectivity index (χ3v) is 3.16. The highest BCUT2D eigenvalue weighted by molar-refractivity contribution is 6.03. The first-order chi connectivity index (χ1) is 9.40. The average molecular weight is 275 g/mol. The Hall–Kier alpha value is -2.69. The first kappa shape index (κ1) is 13.7. The highest BCUT2D eigenvalue weighted by Gasteiger charge is 2.22. The lowest BCUT2D eigenvalue weighted by atomic mass is 9.91. The van der Waals surface area contributed by atoms with Crippen LogP contribution >= 0.6 is 0 Å². The molecule has 0 heterocycles. The Bertz CT molecular complexity index is 663. The zero-order chi connectivity index (χ0) is 14.9. The summed E-state index contributed by atoms with van der Waals surface area (Å²) in [4.78, 5) is 12.3. The Balaban J connectivity index is 2.34. The smallest absolute Gasteiger partial charge is 0.296 e. The fraction of sp³-hybridized carbons (Fsp3) is 0.133. The van der Waals surface area contributed by atoms with Crippen molar-refractivity contribution < 1.29 is 25.2 Å². The topological polar surface area (TPSA) is 101 Å². The van der Waals surface area contributed by atoms with Gasteiger partial charge in [0, 0.05) is 18.1 Å². The van der Waals surface area contributed by atoms with Crippen molar-refractivity contribution >= 4 is 5.78 Å². The Morgan fingerprint density at radius 1 is 1.05 bits per heavy atom. The molecule has 0 saturated carbocycles. The van der Waals surface area contributed by atoms with Crippen LogP contribution in [0.15, 0.2) is 36.4 Å². The third kappa shape index (κ3) is 2.51. The van der Waals surface area contributed by atoms with Gasteiger partial charge in [-0.25, -0.2) is 0 Å². The van der Waals surface area contributed by atoms with Crippen molar-refractivity contribution in [3.05, 3.63) is 47.5 Å². The molecule has 0 aliphatic carbocycles. The number of rotatable bonds is 3. The van der Waals surface area contributed by atoms with Crippen molar-refractivity contribution in [1.82, 2.24) is 0 Å². The van der Waals surface area contributed by atoms with Gasteiger partial charge < -0.3 is 20.4 Å². The highest BCUT2D eigenvalue weighted by Crippen LogP contribution is 2.32. The van der Waals surface area contributed by atoms with Gasteiger partial charge in [0.2, 0.25) is 5.75 Å². The van der Waals surface area contributed by atoms with Crippen LogP contribution < -0.4 is 0 Å². The molecule has 0 spiro atoms. The van der Waals surface area contributed by atoms with Gasteiger partial charge in [-0.05, 0) is 23.8 Å². The minimum absolute atomic E-state index is 0.0583. The number of carbonyl (C=O) groups excluding carboxylic acids is 1. The number of carbonyl (C=O) groups is 1. The highest BCUT2D eigenvalue weighted by atomic mass is 16.3. The van der Waals surface area contributed by atoms with E-state index < -0.39 is 5.92 Å². The number of Topliss-reactive ketones (excluding diaryl/α,β-unsaturated/α-hetero) is 1. The SMILES string of the molecule is CC(C(=O)c1ccc(O)cc1O)c1ccc(O)c([OH2+])c1. The minimum Gasteiger partial charge on any atom is -0.591 e. The number of phenols is 3. The van der Waals surface area contributed by atoms with Crippen molar-refractivity contribution in [2.45, 2.75) is 12.8 Å². The Kier molecular flexibility index (Phi) is 3.52. The molecule has 104 valence electrons. The molecule has 0 aliphatic rings. The lowest BCUT2D eigenvalue weighted by molar-refractivity contribution is 0.0963. The second kappa shape index (κ2) is 5.13. The van der Waals surface area contributed by atoms with Gasteiger partial charge in [0.15, 0.2) is 5.78 Å². The van der Waals surface area contributed by atoms with Gasteiger partial charge in [-0.3, -0.25) is 4.79 Å². The number of phenolic OH excluding ortho intramolecular Hbond substituents is 3. The zero-order valence-electron chi connectivity index (χ0n) is 10.8. The standard InChI is InChI=1S/C15H14O5/c1-8(9-2-5-12(17)14(19)6-9)15(20)11-4-3-10(16)7-13(11)18/h2-8,16-19H,1H3/p+1. The van der Waals surface area contributed by atoms with Crippen LogP contribution in [0.3, 0.4) is 0 Å². The van der Waals surface area contributed by atoms with Crippen molar-refractivity contribution in [1.29, 1.82) is 0 Å². The zero-order valence-corrected chi connectivity index (χ0v) is 10.8. The fourth-order valence-electron chi connectivity index (χ4n) is 1.94. The second-order valence-corrected chi connectivity index (χ2v) is 4.56. The molecule has 0 saturated heterocycles. The second-order valence-electron chi connectivity index (χ2n) is 4.56. The van der Waals surface area contributed by atoms with Gasteiger partial charge >= 0.3 is 0 Å². The molecule has 1 atom stereocenters. The quantitative estimate of drug-likeness (QED) is 0.590. The van der Waals surface area contributed by atoms with Gasteiger partial charge in [0.25, 0.3) is 5.75 Å². The lowest BCUT2D eigenvalue weighted by Crippen LogP contribution is -2.09. The minimum atomic E-state index is -0.574. The first-order valence-electron chi connectivity index (χ1n) is 6.01. The summed E-state index contributed by atoms with van der Waals surface area (Å²) in [6, 6.07) is 8.12. The van der Waals surface area contributed by atoms with Gasteiger partial charge in [0.1, 0.15) is 11.5 Å². The summed E-state index contributed by atoms with van der Waals surface area (Å²) in [5, 5.41) is 35.8. The van der Waals surface area contributed by atoms with E-state index in [1.165, 1.54) is 24.3 Å². The van der Waals surface area contributed by atoms with Crippen LogP contribution in [-0.2, 0) is 0 Å². The van der Waals surface area contributed by atoms with Crippen LogP contribution in [0, 0.1) is 0 Å². The molecule has 0 fully saturated rings. The van der Waals surface area contributed by atoms with Gasteiger partial charge in [-0.2, -0.15) is 0 Å².